The fourth-order valence-corrected chi connectivity index (χ4v) is 2.30. The molecule has 0 aromatic carbocycles. The number of carbonyl (C=O) groups excluding carboxylic acids is 1. The molecule has 2 atom stereocenters. The lowest BCUT2D eigenvalue weighted by atomic mass is 9.94. The highest BCUT2D eigenvalue weighted by Crippen LogP contribution is 2.17. The van der Waals surface area contributed by atoms with Gasteiger partial charge in [-0.15, -0.1) is 0 Å². The van der Waals surface area contributed by atoms with Crippen molar-refractivity contribution < 1.29 is 4.79 Å². The third-order valence-corrected chi connectivity index (χ3v) is 3.82. The number of allylic oxidation sites excluding steroid dienone is 2. The van der Waals surface area contributed by atoms with E-state index < -0.39 is 0 Å². The minimum absolute atomic E-state index is 0.0866. The van der Waals surface area contributed by atoms with Crippen LogP contribution in [0.25, 0.3) is 0 Å². The molecule has 3 heteroatoms. The lowest BCUT2D eigenvalue weighted by Crippen LogP contribution is -2.47. The molecule has 1 aliphatic rings. The molecule has 3 nitrogen and oxygen atoms in total. The average Bonchev–Trinajstić information content (AvgIpc) is 2.42. The Labute approximate surface area is 111 Å². The smallest absolute Gasteiger partial charge is 0.237 e. The van der Waals surface area contributed by atoms with Crippen LogP contribution in [0.1, 0.15) is 52.9 Å². The summed E-state index contributed by atoms with van der Waals surface area (Å²) in [5.74, 6) is 0.827. The summed E-state index contributed by atoms with van der Waals surface area (Å²) >= 11 is 0. The highest BCUT2D eigenvalue weighted by molar-refractivity contribution is 5.81. The predicted molar refractivity (Wildman–Crippen MR) is 76.5 cm³/mol. The summed E-state index contributed by atoms with van der Waals surface area (Å²) in [6.45, 7) is 7.13. The summed E-state index contributed by atoms with van der Waals surface area (Å²) in [5, 5.41) is 6.45. The number of hydrogen-bond donors (Lipinski definition) is 2. The molecule has 1 rings (SSSR count). The van der Waals surface area contributed by atoms with Crippen molar-refractivity contribution in [1.82, 2.24) is 10.6 Å². The molecule has 0 saturated carbocycles. The molecular formula is C15H28N2O. The maximum Gasteiger partial charge on any atom is 0.237 e. The van der Waals surface area contributed by atoms with E-state index in [4.69, 9.17) is 0 Å². The Kier molecular flexibility index (Phi) is 7.02. The van der Waals surface area contributed by atoms with E-state index in [1.165, 1.54) is 12.8 Å². The van der Waals surface area contributed by atoms with Gasteiger partial charge in [0.15, 0.2) is 0 Å². The summed E-state index contributed by atoms with van der Waals surface area (Å²) in [7, 11) is 0. The van der Waals surface area contributed by atoms with E-state index in [9.17, 15) is 4.79 Å². The van der Waals surface area contributed by atoms with Crippen LogP contribution < -0.4 is 10.6 Å². The van der Waals surface area contributed by atoms with E-state index in [0.29, 0.717) is 12.0 Å². The first kappa shape index (κ1) is 15.2. The second kappa shape index (κ2) is 8.30. The standard InChI is InChI=1S/C15H28N2O/c1-4-14(5-2)17-15(18)12(3)16-11-13-9-7-6-8-10-13/h6-7,12-14,16H,4-5,8-11H2,1-3H3,(H,17,18). The van der Waals surface area contributed by atoms with Gasteiger partial charge >= 0.3 is 0 Å². The molecule has 104 valence electrons. The monoisotopic (exact) mass is 252 g/mol. The zero-order valence-electron chi connectivity index (χ0n) is 12.0. The SMILES string of the molecule is CCC(CC)NC(=O)C(C)NCC1CC=CCC1. The summed E-state index contributed by atoms with van der Waals surface area (Å²) in [6, 6.07) is 0.232. The summed E-state index contributed by atoms with van der Waals surface area (Å²) in [4.78, 5) is 12.0. The van der Waals surface area contributed by atoms with E-state index in [0.717, 1.165) is 25.8 Å². The van der Waals surface area contributed by atoms with Gasteiger partial charge in [0, 0.05) is 6.04 Å². The van der Waals surface area contributed by atoms with Gasteiger partial charge in [-0.3, -0.25) is 4.79 Å². The molecule has 0 spiro atoms. The zero-order valence-corrected chi connectivity index (χ0v) is 12.0. The quantitative estimate of drug-likeness (QED) is 0.684. The molecule has 1 amide bonds. The third kappa shape index (κ3) is 5.21. The van der Waals surface area contributed by atoms with Crippen LogP contribution in [0.4, 0.5) is 0 Å². The molecule has 0 bridgehead atoms. The molecule has 0 saturated heterocycles. The van der Waals surface area contributed by atoms with Crippen LogP contribution in [-0.2, 0) is 4.79 Å². The largest absolute Gasteiger partial charge is 0.352 e. The van der Waals surface area contributed by atoms with Crippen molar-refractivity contribution in [2.45, 2.75) is 65.0 Å². The Morgan fingerprint density at radius 3 is 2.61 bits per heavy atom. The van der Waals surface area contributed by atoms with Crippen LogP contribution in [0.2, 0.25) is 0 Å². The van der Waals surface area contributed by atoms with Crippen molar-refractivity contribution in [3.8, 4) is 0 Å². The normalized spacial score (nSPS) is 21.0. The fourth-order valence-electron chi connectivity index (χ4n) is 2.30. The second-order valence-corrected chi connectivity index (χ2v) is 5.30. The van der Waals surface area contributed by atoms with Crippen LogP contribution in [0.3, 0.4) is 0 Å². The van der Waals surface area contributed by atoms with Gasteiger partial charge in [-0.2, -0.15) is 0 Å². The van der Waals surface area contributed by atoms with E-state index in [2.05, 4.69) is 36.6 Å². The number of nitrogens with one attached hydrogen (secondary N) is 2. The topological polar surface area (TPSA) is 41.1 Å². The second-order valence-electron chi connectivity index (χ2n) is 5.30. The van der Waals surface area contributed by atoms with Gasteiger partial charge in [0.1, 0.15) is 0 Å². The Balaban J connectivity index is 2.24. The number of amides is 1. The average molecular weight is 252 g/mol. The van der Waals surface area contributed by atoms with Crippen molar-refractivity contribution in [1.29, 1.82) is 0 Å². The van der Waals surface area contributed by atoms with Crippen LogP contribution in [0, 0.1) is 5.92 Å². The van der Waals surface area contributed by atoms with Crippen LogP contribution in [0.15, 0.2) is 12.2 Å². The lowest BCUT2D eigenvalue weighted by molar-refractivity contribution is -0.123. The summed E-state index contributed by atoms with van der Waals surface area (Å²) in [5.41, 5.74) is 0. The molecule has 0 aromatic heterocycles. The van der Waals surface area contributed by atoms with E-state index in [1.807, 2.05) is 6.92 Å². The highest BCUT2D eigenvalue weighted by atomic mass is 16.2. The Morgan fingerprint density at radius 2 is 2.06 bits per heavy atom. The first-order valence-corrected chi connectivity index (χ1v) is 7.36. The first-order chi connectivity index (χ1) is 8.67. The molecule has 0 aromatic rings. The maximum atomic E-state index is 12.0. The van der Waals surface area contributed by atoms with Crippen molar-refractivity contribution in [3.05, 3.63) is 12.2 Å². The molecule has 0 radical (unpaired) electrons. The zero-order chi connectivity index (χ0) is 13.4. The molecule has 18 heavy (non-hydrogen) atoms. The van der Waals surface area contributed by atoms with Gasteiger partial charge in [0.2, 0.25) is 5.91 Å². The molecular weight excluding hydrogens is 224 g/mol. The van der Waals surface area contributed by atoms with Gasteiger partial charge in [-0.05, 0) is 51.5 Å². The molecule has 2 N–H and O–H groups in total. The van der Waals surface area contributed by atoms with Crippen LogP contribution in [-0.4, -0.2) is 24.5 Å². The third-order valence-electron chi connectivity index (χ3n) is 3.82. The Morgan fingerprint density at radius 1 is 1.33 bits per heavy atom. The van der Waals surface area contributed by atoms with Crippen molar-refractivity contribution >= 4 is 5.91 Å². The van der Waals surface area contributed by atoms with Crippen molar-refractivity contribution in [2.75, 3.05) is 6.54 Å². The molecule has 1 aliphatic carbocycles. The molecule has 0 heterocycles. The number of carbonyl (C=O) groups is 1. The first-order valence-electron chi connectivity index (χ1n) is 7.36. The minimum atomic E-state index is -0.0866. The lowest BCUT2D eigenvalue weighted by Gasteiger charge is -2.23. The van der Waals surface area contributed by atoms with E-state index in [-0.39, 0.29) is 11.9 Å². The van der Waals surface area contributed by atoms with Crippen molar-refractivity contribution in [2.24, 2.45) is 5.92 Å². The number of hydrogen-bond acceptors (Lipinski definition) is 2. The predicted octanol–water partition coefficient (Wildman–Crippen LogP) is 2.63. The summed E-state index contributed by atoms with van der Waals surface area (Å²) < 4.78 is 0. The van der Waals surface area contributed by atoms with Crippen molar-refractivity contribution in [3.63, 3.8) is 0 Å². The minimum Gasteiger partial charge on any atom is -0.352 e. The van der Waals surface area contributed by atoms with Gasteiger partial charge in [0.05, 0.1) is 6.04 Å². The van der Waals surface area contributed by atoms with Crippen LogP contribution >= 0.6 is 0 Å². The van der Waals surface area contributed by atoms with Crippen LogP contribution in [0.5, 0.6) is 0 Å². The van der Waals surface area contributed by atoms with Gasteiger partial charge in [0.25, 0.3) is 0 Å². The molecule has 0 fully saturated rings. The van der Waals surface area contributed by atoms with E-state index >= 15 is 0 Å². The molecule has 2 unspecified atom stereocenters. The van der Waals surface area contributed by atoms with Gasteiger partial charge in [-0.25, -0.2) is 0 Å². The molecule has 0 aliphatic heterocycles. The maximum absolute atomic E-state index is 12.0. The van der Waals surface area contributed by atoms with Gasteiger partial charge < -0.3 is 10.6 Å². The Hall–Kier alpha value is -0.830. The van der Waals surface area contributed by atoms with E-state index in [1.54, 1.807) is 0 Å². The summed E-state index contributed by atoms with van der Waals surface area (Å²) in [6.07, 6.45) is 10.1. The number of rotatable bonds is 7. The highest BCUT2D eigenvalue weighted by Gasteiger charge is 2.17. The van der Waals surface area contributed by atoms with Gasteiger partial charge in [-0.1, -0.05) is 26.0 Å². The Bertz CT molecular complexity index is 272. The fraction of sp³-hybridized carbons (Fsp3) is 0.800.